The standard InChI is InChI=1S/C30H46N2O9/c1-15-9-22(37-6)26(41-29(31)35)17(3)10-16(2)25-23(38-7)11-18(4)24(39-8)20-12-19(33)13-21(27(20)40-25)32-28(34)30(5,36)14-15/h10,12,16,18-19,22-26,33,36H,1,9,11,13-14H2,2-8H3,(H2,31,35)(H,32,34). The molecule has 2 heterocycles. The fraction of sp³-hybridized carbons (Fsp3) is 0.667. The molecule has 1 saturated heterocycles. The second-order valence-corrected chi connectivity index (χ2v) is 11.7. The molecule has 2 aliphatic heterocycles. The first-order valence-corrected chi connectivity index (χ1v) is 14.0. The summed E-state index contributed by atoms with van der Waals surface area (Å²) < 4.78 is 29.7. The molecule has 1 aliphatic carbocycles. The van der Waals surface area contributed by atoms with E-state index in [4.69, 9.17) is 29.4 Å². The van der Waals surface area contributed by atoms with Crippen molar-refractivity contribution < 1.29 is 43.5 Å². The number of carbonyl (C=O) groups excluding carboxylic acids is 2. The average Bonchev–Trinajstić information content (AvgIpc) is 2.87. The van der Waals surface area contributed by atoms with Gasteiger partial charge in [-0.1, -0.05) is 32.1 Å². The Kier molecular flexibility index (Phi) is 10.8. The van der Waals surface area contributed by atoms with E-state index in [1.165, 1.54) is 14.0 Å². The fourth-order valence-corrected chi connectivity index (χ4v) is 6.17. The van der Waals surface area contributed by atoms with Crippen LogP contribution in [0.1, 0.15) is 53.4 Å². The lowest BCUT2D eigenvalue weighted by molar-refractivity contribution is -0.137. The minimum atomic E-state index is -1.86. The first-order chi connectivity index (χ1) is 19.2. The van der Waals surface area contributed by atoms with Crippen LogP contribution >= 0.6 is 0 Å². The zero-order valence-corrected chi connectivity index (χ0v) is 25.1. The summed E-state index contributed by atoms with van der Waals surface area (Å²) in [7, 11) is 4.68. The van der Waals surface area contributed by atoms with Crippen LogP contribution in [0.3, 0.4) is 0 Å². The Morgan fingerprint density at radius 3 is 2.37 bits per heavy atom. The molecule has 9 unspecified atom stereocenters. The van der Waals surface area contributed by atoms with Crippen molar-refractivity contribution in [1.29, 1.82) is 0 Å². The maximum absolute atomic E-state index is 13.5. The van der Waals surface area contributed by atoms with Crippen LogP contribution in [-0.4, -0.2) is 85.8 Å². The van der Waals surface area contributed by atoms with Gasteiger partial charge in [0.15, 0.2) is 6.10 Å². The molecule has 0 aromatic carbocycles. The van der Waals surface area contributed by atoms with E-state index in [-0.39, 0.29) is 37.2 Å². The van der Waals surface area contributed by atoms with Gasteiger partial charge in [0.1, 0.15) is 23.6 Å². The van der Waals surface area contributed by atoms with E-state index < -0.39 is 48.1 Å². The minimum Gasteiger partial charge on any atom is -0.485 e. The molecular weight excluding hydrogens is 532 g/mol. The molecule has 0 radical (unpaired) electrons. The Balaban J connectivity index is 2.24. The summed E-state index contributed by atoms with van der Waals surface area (Å²) in [6.45, 7) is 11.3. The van der Waals surface area contributed by atoms with Crippen LogP contribution in [-0.2, 0) is 28.5 Å². The van der Waals surface area contributed by atoms with E-state index in [1.54, 1.807) is 20.3 Å². The lowest BCUT2D eigenvalue weighted by Crippen LogP contribution is -2.47. The van der Waals surface area contributed by atoms with Crippen molar-refractivity contribution in [3.8, 4) is 0 Å². The highest BCUT2D eigenvalue weighted by atomic mass is 16.6. The lowest BCUT2D eigenvalue weighted by atomic mass is 9.82. The zero-order valence-electron chi connectivity index (χ0n) is 25.1. The van der Waals surface area contributed by atoms with Gasteiger partial charge in [-0.3, -0.25) is 4.79 Å². The first-order valence-electron chi connectivity index (χ1n) is 14.0. The van der Waals surface area contributed by atoms with Crippen molar-refractivity contribution >= 4 is 12.0 Å². The number of nitrogens with one attached hydrogen (secondary N) is 1. The molecule has 2 amide bonds. The smallest absolute Gasteiger partial charge is 0.405 e. The van der Waals surface area contributed by atoms with Crippen LogP contribution in [0.4, 0.5) is 4.79 Å². The van der Waals surface area contributed by atoms with Gasteiger partial charge in [0.2, 0.25) is 0 Å². The maximum atomic E-state index is 13.5. The van der Waals surface area contributed by atoms with Crippen LogP contribution in [0, 0.1) is 11.8 Å². The number of amides is 2. The van der Waals surface area contributed by atoms with Gasteiger partial charge in [0.05, 0.1) is 24.0 Å². The van der Waals surface area contributed by atoms with Crippen LogP contribution in [0.5, 0.6) is 0 Å². The highest BCUT2D eigenvalue weighted by molar-refractivity contribution is 5.86. The summed E-state index contributed by atoms with van der Waals surface area (Å²) in [6.07, 6.45) is -0.413. The van der Waals surface area contributed by atoms with Crippen molar-refractivity contribution in [3.63, 3.8) is 0 Å². The number of ether oxygens (including phenoxy) is 5. The summed E-state index contributed by atoms with van der Waals surface area (Å²) in [6, 6.07) is 0. The molecule has 2 bridgehead atoms. The van der Waals surface area contributed by atoms with Gasteiger partial charge in [-0.25, -0.2) is 4.79 Å². The molecule has 0 spiro atoms. The third-order valence-electron chi connectivity index (χ3n) is 8.14. The van der Waals surface area contributed by atoms with Gasteiger partial charge in [-0.15, -0.1) is 0 Å². The Morgan fingerprint density at radius 2 is 1.78 bits per heavy atom. The average molecular weight is 579 g/mol. The predicted molar refractivity (Wildman–Crippen MR) is 151 cm³/mol. The highest BCUT2D eigenvalue weighted by Crippen LogP contribution is 2.40. The van der Waals surface area contributed by atoms with E-state index in [9.17, 15) is 19.8 Å². The Bertz CT molecular complexity index is 1100. The molecule has 0 aromatic rings. The molecule has 9 atom stereocenters. The molecule has 11 nitrogen and oxygen atoms in total. The number of methoxy groups -OCH3 is 3. The number of rotatable bonds is 4. The summed E-state index contributed by atoms with van der Waals surface area (Å²) in [5.74, 6) is -0.638. The second-order valence-electron chi connectivity index (χ2n) is 11.7. The van der Waals surface area contributed by atoms with Crippen molar-refractivity contribution in [3.05, 3.63) is 46.9 Å². The van der Waals surface area contributed by atoms with Gasteiger partial charge < -0.3 is 44.9 Å². The quantitative estimate of drug-likeness (QED) is 0.368. The molecule has 1 fully saturated rings. The van der Waals surface area contributed by atoms with Crippen molar-refractivity contribution in [2.24, 2.45) is 17.6 Å². The largest absolute Gasteiger partial charge is 0.485 e. The van der Waals surface area contributed by atoms with Gasteiger partial charge >= 0.3 is 6.09 Å². The number of primary amides is 1. The number of nitrogens with two attached hydrogens (primary N) is 1. The van der Waals surface area contributed by atoms with E-state index in [1.807, 2.05) is 26.8 Å². The van der Waals surface area contributed by atoms with Gasteiger partial charge in [-0.2, -0.15) is 0 Å². The van der Waals surface area contributed by atoms with Crippen molar-refractivity contribution in [1.82, 2.24) is 5.32 Å². The van der Waals surface area contributed by atoms with Crippen molar-refractivity contribution in [2.45, 2.75) is 95.6 Å². The highest BCUT2D eigenvalue weighted by Gasteiger charge is 2.42. The molecular formula is C30H46N2O9. The molecule has 230 valence electrons. The van der Waals surface area contributed by atoms with Crippen LogP contribution in [0.25, 0.3) is 0 Å². The third-order valence-corrected chi connectivity index (χ3v) is 8.14. The molecule has 41 heavy (non-hydrogen) atoms. The van der Waals surface area contributed by atoms with Gasteiger partial charge in [0, 0.05) is 45.7 Å². The van der Waals surface area contributed by atoms with E-state index in [0.29, 0.717) is 34.6 Å². The predicted octanol–water partition coefficient (Wildman–Crippen LogP) is 2.62. The minimum absolute atomic E-state index is 0.0468. The van der Waals surface area contributed by atoms with Gasteiger partial charge in [-0.05, 0) is 44.3 Å². The molecule has 5 N–H and O–H groups in total. The fourth-order valence-electron chi connectivity index (χ4n) is 6.17. The number of aliphatic hydroxyl groups excluding tert-OH is 1. The number of fused-ring (bicyclic) bond motifs is 1. The second kappa shape index (κ2) is 13.5. The summed E-state index contributed by atoms with van der Waals surface area (Å²) in [5.41, 5.74) is 5.71. The molecule has 3 aliphatic rings. The number of hydrogen-bond donors (Lipinski definition) is 4. The number of carbonyl (C=O) groups is 2. The van der Waals surface area contributed by atoms with E-state index in [2.05, 4.69) is 11.9 Å². The topological polar surface area (TPSA) is 159 Å². The van der Waals surface area contributed by atoms with Crippen LogP contribution in [0.2, 0.25) is 0 Å². The molecule has 0 aromatic heterocycles. The Hall–Kier alpha value is -2.70. The molecule has 3 rings (SSSR count). The number of aliphatic hydroxyl groups is 2. The first kappa shape index (κ1) is 32.8. The normalized spacial score (nSPS) is 37.3. The molecule has 0 saturated carbocycles. The van der Waals surface area contributed by atoms with Gasteiger partial charge in [0.25, 0.3) is 5.91 Å². The third kappa shape index (κ3) is 7.58. The summed E-state index contributed by atoms with van der Waals surface area (Å²) in [4.78, 5) is 25.4. The maximum Gasteiger partial charge on any atom is 0.405 e. The Labute approximate surface area is 242 Å². The molecule has 11 heteroatoms. The summed E-state index contributed by atoms with van der Waals surface area (Å²) >= 11 is 0. The zero-order chi connectivity index (χ0) is 30.6. The summed E-state index contributed by atoms with van der Waals surface area (Å²) in [5, 5.41) is 24.9. The monoisotopic (exact) mass is 578 g/mol. The lowest BCUT2D eigenvalue weighted by Gasteiger charge is -2.41. The van der Waals surface area contributed by atoms with E-state index in [0.717, 1.165) is 0 Å². The van der Waals surface area contributed by atoms with E-state index >= 15 is 0 Å². The van der Waals surface area contributed by atoms with Crippen LogP contribution in [0.15, 0.2) is 46.9 Å². The van der Waals surface area contributed by atoms with Crippen molar-refractivity contribution in [2.75, 3.05) is 21.3 Å². The Morgan fingerprint density at radius 1 is 1.12 bits per heavy atom. The number of hydrogen-bond acceptors (Lipinski definition) is 9. The SMILES string of the molecule is C=C1CC(OC)C(OC(N)=O)C(C)=CC(C)C2OC3=C(CC(O)C=C3C(OC)C(C)CC2OC)NC(=O)C(C)(O)C1. The van der Waals surface area contributed by atoms with Crippen LogP contribution < -0.4 is 11.1 Å².